The molecule has 0 aliphatic heterocycles. The minimum absolute atomic E-state index is 0.0895. The normalized spacial score (nSPS) is 25.2. The van der Waals surface area contributed by atoms with Crippen molar-refractivity contribution in [2.75, 3.05) is 13.1 Å². The Balaban J connectivity index is 1.49. The molecule has 0 radical (unpaired) electrons. The molecule has 0 spiro atoms. The van der Waals surface area contributed by atoms with Gasteiger partial charge in [-0.2, -0.15) is 0 Å². The Labute approximate surface area is 171 Å². The minimum atomic E-state index is 0.0895. The van der Waals surface area contributed by atoms with Crippen molar-refractivity contribution in [3.05, 3.63) is 88.9 Å². The van der Waals surface area contributed by atoms with E-state index in [2.05, 4.69) is 77.5 Å². The van der Waals surface area contributed by atoms with E-state index in [0.717, 1.165) is 25.9 Å². The zero-order valence-corrected chi connectivity index (χ0v) is 16.8. The van der Waals surface area contributed by atoms with Gasteiger partial charge in [0.1, 0.15) is 0 Å². The Hall–Kier alpha value is -2.20. The first kappa shape index (κ1) is 17.9. The van der Waals surface area contributed by atoms with E-state index in [0.29, 0.717) is 5.92 Å². The minimum Gasteiger partial charge on any atom is -0.330 e. The number of fused-ring (bicyclic) bond motifs is 3. The van der Waals surface area contributed by atoms with Crippen molar-refractivity contribution in [3.8, 4) is 10.4 Å². The van der Waals surface area contributed by atoms with Crippen molar-refractivity contribution >= 4 is 16.9 Å². The Morgan fingerprint density at radius 2 is 2.00 bits per heavy atom. The Bertz CT molecular complexity index is 976. The topological polar surface area (TPSA) is 38.0 Å². The van der Waals surface area contributed by atoms with Gasteiger partial charge in [0, 0.05) is 10.8 Å². The molecule has 2 unspecified atom stereocenters. The predicted molar refractivity (Wildman–Crippen MR) is 120 cm³/mol. The maximum absolute atomic E-state index is 5.74. The summed E-state index contributed by atoms with van der Waals surface area (Å²) in [5.41, 5.74) is 12.8. The number of nitrogens with two attached hydrogens (primary N) is 1. The Kier molecular flexibility index (Phi) is 4.67. The molecule has 2 atom stereocenters. The van der Waals surface area contributed by atoms with Crippen LogP contribution in [0.25, 0.3) is 16.0 Å². The van der Waals surface area contributed by atoms with Crippen molar-refractivity contribution < 1.29 is 0 Å². The molecule has 28 heavy (non-hydrogen) atoms. The summed E-state index contributed by atoms with van der Waals surface area (Å²) >= 11 is 1.80. The molecular weight excluding hydrogens is 360 g/mol. The van der Waals surface area contributed by atoms with Gasteiger partial charge in [-0.25, -0.2) is 0 Å². The van der Waals surface area contributed by atoms with Gasteiger partial charge in [0.2, 0.25) is 0 Å². The lowest BCUT2D eigenvalue weighted by molar-refractivity contribution is 0.534. The van der Waals surface area contributed by atoms with E-state index < -0.39 is 0 Å². The highest BCUT2D eigenvalue weighted by atomic mass is 32.1. The molecule has 3 heteroatoms. The molecule has 0 bridgehead atoms. The van der Waals surface area contributed by atoms with Crippen LogP contribution in [0, 0.1) is 5.92 Å². The van der Waals surface area contributed by atoms with Crippen LogP contribution in [0.15, 0.2) is 83.3 Å². The lowest BCUT2D eigenvalue weighted by atomic mass is 9.82. The van der Waals surface area contributed by atoms with Crippen LogP contribution in [0.3, 0.4) is 0 Å². The summed E-state index contributed by atoms with van der Waals surface area (Å²) in [6.45, 7) is 1.72. The summed E-state index contributed by atoms with van der Waals surface area (Å²) in [7, 11) is 0. The summed E-state index contributed by atoms with van der Waals surface area (Å²) in [4.78, 5) is 1.33. The second kappa shape index (κ2) is 7.32. The molecule has 1 aromatic carbocycles. The average Bonchev–Trinajstić information content (AvgIpc) is 3.30. The quantitative estimate of drug-likeness (QED) is 0.659. The standard InChI is InChI=1S/C25H26N2S/c26-13-5-14-27-25-17-23(25)21(16-20-6-2-1-3-7-22(20)25)18-9-11-19(12-10-18)24-8-4-15-28-24/h1,3-4,6-12,15-16,23,27H,2,5,13-14,17,26H2. The molecule has 1 saturated carbocycles. The van der Waals surface area contributed by atoms with Crippen molar-refractivity contribution in [1.29, 1.82) is 0 Å². The first-order valence-corrected chi connectivity index (χ1v) is 11.1. The zero-order valence-electron chi connectivity index (χ0n) is 16.0. The number of allylic oxidation sites excluding steroid dienone is 5. The van der Waals surface area contributed by atoms with E-state index in [9.17, 15) is 0 Å². The zero-order chi connectivity index (χ0) is 19.0. The predicted octanol–water partition coefficient (Wildman–Crippen LogP) is 5.32. The van der Waals surface area contributed by atoms with E-state index in [1.54, 1.807) is 11.3 Å². The number of rotatable bonds is 6. The van der Waals surface area contributed by atoms with Crippen LogP contribution in [-0.2, 0) is 0 Å². The summed E-state index contributed by atoms with van der Waals surface area (Å²) in [6.07, 6.45) is 14.8. The third-order valence-corrected chi connectivity index (χ3v) is 7.08. The summed E-state index contributed by atoms with van der Waals surface area (Å²) in [6, 6.07) is 13.4. The Morgan fingerprint density at radius 1 is 1.14 bits per heavy atom. The largest absolute Gasteiger partial charge is 0.330 e. The van der Waals surface area contributed by atoms with Gasteiger partial charge in [0.15, 0.2) is 0 Å². The first-order chi connectivity index (χ1) is 13.8. The van der Waals surface area contributed by atoms with Crippen molar-refractivity contribution in [2.24, 2.45) is 11.7 Å². The summed E-state index contributed by atoms with van der Waals surface area (Å²) in [5, 5.41) is 6.01. The van der Waals surface area contributed by atoms with Crippen LogP contribution in [-0.4, -0.2) is 18.6 Å². The van der Waals surface area contributed by atoms with Crippen molar-refractivity contribution in [1.82, 2.24) is 5.32 Å². The lowest BCUT2D eigenvalue weighted by Gasteiger charge is -2.29. The third-order valence-electron chi connectivity index (χ3n) is 6.16. The smallest absolute Gasteiger partial charge is 0.0517 e. The molecule has 142 valence electrons. The number of thiophene rings is 1. The monoisotopic (exact) mass is 386 g/mol. The highest BCUT2D eigenvalue weighted by Gasteiger charge is 2.60. The third kappa shape index (κ3) is 3.04. The van der Waals surface area contributed by atoms with Gasteiger partial charge in [-0.05, 0) is 71.6 Å². The molecule has 3 aliphatic rings. The van der Waals surface area contributed by atoms with E-state index >= 15 is 0 Å². The average molecular weight is 387 g/mol. The van der Waals surface area contributed by atoms with Gasteiger partial charge in [-0.15, -0.1) is 11.3 Å². The highest BCUT2D eigenvalue weighted by Crippen LogP contribution is 2.61. The Morgan fingerprint density at radius 3 is 2.79 bits per heavy atom. The van der Waals surface area contributed by atoms with Crippen LogP contribution in [0.2, 0.25) is 0 Å². The van der Waals surface area contributed by atoms with E-state index in [-0.39, 0.29) is 5.54 Å². The SMILES string of the molecule is NCCCNC12CC1C(c1ccc(-c3cccs3)cc1)=CC1=CCC=CC=C12. The van der Waals surface area contributed by atoms with Gasteiger partial charge < -0.3 is 11.1 Å². The van der Waals surface area contributed by atoms with E-state index in [4.69, 9.17) is 5.73 Å². The van der Waals surface area contributed by atoms with Crippen molar-refractivity contribution in [2.45, 2.75) is 24.8 Å². The van der Waals surface area contributed by atoms with Gasteiger partial charge in [-0.3, -0.25) is 0 Å². The fourth-order valence-corrected chi connectivity index (χ4v) is 5.38. The van der Waals surface area contributed by atoms with Crippen LogP contribution in [0.4, 0.5) is 0 Å². The highest BCUT2D eigenvalue weighted by molar-refractivity contribution is 7.13. The van der Waals surface area contributed by atoms with E-state index in [1.807, 2.05) is 0 Å². The molecule has 5 rings (SSSR count). The van der Waals surface area contributed by atoms with Gasteiger partial charge in [0.25, 0.3) is 0 Å². The molecule has 3 N–H and O–H groups in total. The molecule has 2 aromatic rings. The van der Waals surface area contributed by atoms with Crippen LogP contribution < -0.4 is 11.1 Å². The maximum Gasteiger partial charge on any atom is 0.0517 e. The van der Waals surface area contributed by atoms with Gasteiger partial charge in [0.05, 0.1) is 5.54 Å². The van der Waals surface area contributed by atoms with Crippen LogP contribution in [0.1, 0.15) is 24.8 Å². The molecule has 1 heterocycles. The number of hydrogen-bond acceptors (Lipinski definition) is 3. The molecule has 0 amide bonds. The number of hydrogen-bond donors (Lipinski definition) is 2. The van der Waals surface area contributed by atoms with Gasteiger partial charge in [-0.1, -0.05) is 60.7 Å². The molecule has 3 aliphatic carbocycles. The maximum atomic E-state index is 5.74. The summed E-state index contributed by atoms with van der Waals surface area (Å²) in [5.74, 6) is 0.549. The lowest BCUT2D eigenvalue weighted by Crippen LogP contribution is -2.39. The molecule has 2 nitrogen and oxygen atoms in total. The second-order valence-electron chi connectivity index (χ2n) is 7.86. The summed E-state index contributed by atoms with van der Waals surface area (Å²) < 4.78 is 0. The van der Waals surface area contributed by atoms with Crippen LogP contribution >= 0.6 is 11.3 Å². The molecular formula is C25H26N2S. The fourth-order valence-electron chi connectivity index (χ4n) is 4.65. The molecule has 0 saturated heterocycles. The second-order valence-corrected chi connectivity index (χ2v) is 8.80. The van der Waals surface area contributed by atoms with Crippen molar-refractivity contribution in [3.63, 3.8) is 0 Å². The first-order valence-electron chi connectivity index (χ1n) is 10.2. The molecule has 1 aromatic heterocycles. The van der Waals surface area contributed by atoms with Gasteiger partial charge >= 0.3 is 0 Å². The fraction of sp³-hybridized carbons (Fsp3) is 0.280. The van der Waals surface area contributed by atoms with E-state index in [1.165, 1.54) is 39.1 Å². The number of nitrogens with one attached hydrogen (secondary N) is 1. The van der Waals surface area contributed by atoms with Crippen LogP contribution in [0.5, 0.6) is 0 Å². The molecule has 1 fully saturated rings. The number of benzene rings is 1.